The molecule has 4 rings (SSSR count). The molecule has 2 heterocycles. The Kier molecular flexibility index (Phi) is 18.5. The number of carboxylic acid groups (broad SMARTS) is 2. The van der Waals surface area contributed by atoms with E-state index in [9.17, 15) is 48.6 Å². The molecule has 2 aliphatic carbocycles. The molecular formula is C50H80N8O12. The number of nitrogens with zero attached hydrogens (tertiary/aromatic N) is 3. The van der Waals surface area contributed by atoms with Gasteiger partial charge in [-0.3, -0.25) is 24.1 Å². The lowest BCUT2D eigenvalue weighted by atomic mass is 9.85. The number of amides is 6. The van der Waals surface area contributed by atoms with Crippen molar-refractivity contribution in [1.29, 1.82) is 0 Å². The van der Waals surface area contributed by atoms with Crippen LogP contribution in [0.4, 0.5) is 9.59 Å². The number of hydrogen-bond acceptors (Lipinski definition) is 12. The second-order valence-electron chi connectivity index (χ2n) is 22.9. The van der Waals surface area contributed by atoms with E-state index < -0.39 is 111 Å². The van der Waals surface area contributed by atoms with Gasteiger partial charge in [-0.05, 0) is 78.1 Å². The second-order valence-corrected chi connectivity index (χ2v) is 22.9. The minimum atomic E-state index is -1.42. The highest BCUT2D eigenvalue weighted by atomic mass is 16.6. The first-order valence-corrected chi connectivity index (χ1v) is 23.7. The fraction of sp³-hybridized carbons (Fsp3) is 0.680. The molecule has 10 atom stereocenters. The Morgan fingerprint density at radius 2 is 1.00 bits per heavy atom. The molecule has 20 nitrogen and oxygen atoms in total. The topological polar surface area (TPSA) is 279 Å². The summed E-state index contributed by atoms with van der Waals surface area (Å²) in [5.74, 6) is -5.09. The van der Waals surface area contributed by atoms with Crippen LogP contribution in [-0.2, 0) is 38.2 Å². The maximum Gasteiger partial charge on any atom is 0.408 e. The third-order valence-electron chi connectivity index (χ3n) is 12.6. The van der Waals surface area contributed by atoms with Crippen molar-refractivity contribution in [2.24, 2.45) is 28.4 Å². The van der Waals surface area contributed by atoms with Gasteiger partial charge in [-0.2, -0.15) is 0 Å². The summed E-state index contributed by atoms with van der Waals surface area (Å²) < 4.78 is 10.7. The van der Waals surface area contributed by atoms with Crippen molar-refractivity contribution in [3.63, 3.8) is 0 Å². The molecule has 0 radical (unpaired) electrons. The van der Waals surface area contributed by atoms with Crippen LogP contribution in [-0.4, -0.2) is 157 Å². The van der Waals surface area contributed by atoms with Gasteiger partial charge in [0, 0.05) is 50.1 Å². The number of carboxylic acids is 2. The molecule has 2 aliphatic heterocycles. The Balaban J connectivity index is 0.000000376. The highest BCUT2D eigenvalue weighted by Crippen LogP contribution is 2.46. The number of rotatable bonds is 17. The SMILES string of the molecule is C=CC1CC1(NC(=O)[C@@H]1C[C@@H](N)CN1C(=O)[C@@H](NC(=O)OC(C)(C)C)C(C)(C)C)C(=O)O.C=CCN(CC=C)[C@@H]1C[C@@H](C(=O)NC2(C(=O)O)CC2C=C)N(C(=O)[C@@H](NC(=O)OC(C)(C)C)C(C)(C)C)C1. The Labute approximate surface area is 413 Å². The van der Waals surface area contributed by atoms with Gasteiger partial charge in [0.15, 0.2) is 0 Å². The Morgan fingerprint density at radius 1 is 0.643 bits per heavy atom. The first-order valence-electron chi connectivity index (χ1n) is 23.7. The number of nitrogens with one attached hydrogen (secondary N) is 4. The molecule has 70 heavy (non-hydrogen) atoms. The Bertz CT molecular complexity index is 2040. The summed E-state index contributed by atoms with van der Waals surface area (Å²) in [7, 11) is 0. The summed E-state index contributed by atoms with van der Waals surface area (Å²) in [5, 5.41) is 30.0. The molecule has 0 aromatic carbocycles. The van der Waals surface area contributed by atoms with Crippen molar-refractivity contribution >= 4 is 47.8 Å². The van der Waals surface area contributed by atoms with Crippen molar-refractivity contribution in [3.05, 3.63) is 50.6 Å². The summed E-state index contributed by atoms with van der Waals surface area (Å²) in [6, 6.07) is -4.50. The van der Waals surface area contributed by atoms with Gasteiger partial charge in [-0.1, -0.05) is 65.8 Å². The number of hydrogen-bond donors (Lipinski definition) is 7. The zero-order chi connectivity index (χ0) is 53.7. The standard InChI is InChI=1S/C28H44N4O6.C22H36N4O6/c1-10-13-31(14-11-2)19-15-20(22(33)30-28(24(35)36)16-18(28)12-3)32(17-19)23(34)21(26(4,5)6)29-25(37)38-27(7,8)9;1-8-12-10-22(12,18(29)30)25-16(27)14-9-13(23)11-26(14)17(28)15(20(2,3)4)24-19(31)32-21(5,6)7/h10-12,18-21H,1-3,13-17H2,4-9H3,(H,29,37)(H,30,33)(H,35,36);8,12-15H,1,9-11,23H2,2-7H3,(H,24,31)(H,25,27)(H,29,30)/t18?,19-,20+,21-,28?;12?,13-,14+,15-,22?/m11/s1. The van der Waals surface area contributed by atoms with Gasteiger partial charge in [0.25, 0.3) is 0 Å². The number of carbonyl (C=O) groups is 8. The second kappa shape index (κ2) is 22.1. The fourth-order valence-corrected chi connectivity index (χ4v) is 8.75. The van der Waals surface area contributed by atoms with Gasteiger partial charge in [0.05, 0.1) is 0 Å². The zero-order valence-corrected chi connectivity index (χ0v) is 43.3. The molecule has 4 aliphatic rings. The molecule has 392 valence electrons. The lowest BCUT2D eigenvalue weighted by Crippen LogP contribution is -2.59. The summed E-state index contributed by atoms with van der Waals surface area (Å²) >= 11 is 0. The lowest BCUT2D eigenvalue weighted by Gasteiger charge is -2.36. The molecule has 0 bridgehead atoms. The Morgan fingerprint density at radius 3 is 1.30 bits per heavy atom. The summed E-state index contributed by atoms with van der Waals surface area (Å²) in [6.07, 6.45) is 5.98. The van der Waals surface area contributed by atoms with Crippen LogP contribution in [0.25, 0.3) is 0 Å². The lowest BCUT2D eigenvalue weighted by molar-refractivity contribution is -0.146. The maximum absolute atomic E-state index is 14.0. The summed E-state index contributed by atoms with van der Waals surface area (Å²) in [6.45, 7) is 37.4. The molecule has 8 N–H and O–H groups in total. The summed E-state index contributed by atoms with van der Waals surface area (Å²) in [4.78, 5) is 108. The average Bonchev–Trinajstić information content (AvgIpc) is 4.00. The van der Waals surface area contributed by atoms with Crippen molar-refractivity contribution < 1.29 is 58.0 Å². The fourth-order valence-electron chi connectivity index (χ4n) is 8.75. The first-order chi connectivity index (χ1) is 32.0. The largest absolute Gasteiger partial charge is 0.479 e. The molecule has 2 saturated heterocycles. The smallest absolute Gasteiger partial charge is 0.408 e. The van der Waals surface area contributed by atoms with E-state index in [1.54, 1.807) is 74.5 Å². The van der Waals surface area contributed by atoms with Crippen LogP contribution < -0.4 is 27.0 Å². The number of aliphatic carboxylic acids is 2. The van der Waals surface area contributed by atoms with Crippen LogP contribution in [0.2, 0.25) is 0 Å². The molecular weight excluding hydrogens is 905 g/mol. The molecule has 6 amide bonds. The van der Waals surface area contributed by atoms with E-state index >= 15 is 0 Å². The predicted molar refractivity (Wildman–Crippen MR) is 263 cm³/mol. The number of likely N-dealkylation sites (tertiary alicyclic amines) is 2. The van der Waals surface area contributed by atoms with Gasteiger partial charge in [-0.15, -0.1) is 26.3 Å². The number of carbonyl (C=O) groups excluding carboxylic acids is 6. The monoisotopic (exact) mass is 985 g/mol. The van der Waals surface area contributed by atoms with Crippen molar-refractivity contribution in [2.75, 3.05) is 26.2 Å². The maximum atomic E-state index is 14.0. The third kappa shape index (κ3) is 14.6. The van der Waals surface area contributed by atoms with E-state index in [1.165, 1.54) is 22.0 Å². The van der Waals surface area contributed by atoms with E-state index in [2.05, 4.69) is 52.5 Å². The van der Waals surface area contributed by atoms with Crippen LogP contribution in [0.15, 0.2) is 50.6 Å². The molecule has 0 aromatic rings. The normalized spacial score (nSPS) is 27.0. The van der Waals surface area contributed by atoms with Gasteiger partial charge in [0.2, 0.25) is 23.6 Å². The average molecular weight is 985 g/mol. The van der Waals surface area contributed by atoms with Crippen LogP contribution in [0.5, 0.6) is 0 Å². The van der Waals surface area contributed by atoms with Crippen molar-refractivity contribution in [2.45, 2.75) is 167 Å². The van der Waals surface area contributed by atoms with Crippen LogP contribution >= 0.6 is 0 Å². The molecule has 4 unspecified atom stereocenters. The van der Waals surface area contributed by atoms with E-state index in [4.69, 9.17) is 15.2 Å². The third-order valence-corrected chi connectivity index (χ3v) is 12.6. The van der Waals surface area contributed by atoms with Gasteiger partial charge >= 0.3 is 24.1 Å². The Hall–Kier alpha value is -5.76. The summed E-state index contributed by atoms with van der Waals surface area (Å²) in [5.41, 5.74) is 0.332. The van der Waals surface area contributed by atoms with Crippen LogP contribution in [0.1, 0.15) is 109 Å². The zero-order valence-electron chi connectivity index (χ0n) is 43.3. The predicted octanol–water partition coefficient (Wildman–Crippen LogP) is 3.71. The molecule has 0 aromatic heterocycles. The molecule has 2 saturated carbocycles. The number of alkyl carbamates (subject to hydrolysis) is 2. The van der Waals surface area contributed by atoms with Crippen LogP contribution in [0, 0.1) is 22.7 Å². The van der Waals surface area contributed by atoms with Gasteiger partial charge < -0.3 is 56.5 Å². The highest BCUT2D eigenvalue weighted by molar-refractivity contribution is 5.97. The molecule has 4 fully saturated rings. The van der Waals surface area contributed by atoms with Crippen LogP contribution in [0.3, 0.4) is 0 Å². The van der Waals surface area contributed by atoms with Gasteiger partial charge in [0.1, 0.15) is 46.4 Å². The molecule has 0 spiro atoms. The van der Waals surface area contributed by atoms with Crippen molar-refractivity contribution in [1.82, 2.24) is 36.0 Å². The van der Waals surface area contributed by atoms with E-state index in [-0.39, 0.29) is 56.7 Å². The molecule has 20 heteroatoms. The number of ether oxygens (including phenoxy) is 2. The minimum Gasteiger partial charge on any atom is -0.479 e. The van der Waals surface area contributed by atoms with E-state index in [0.29, 0.717) is 13.1 Å². The van der Waals surface area contributed by atoms with E-state index in [0.717, 1.165) is 0 Å². The van der Waals surface area contributed by atoms with E-state index in [1.807, 2.05) is 20.8 Å². The minimum absolute atomic E-state index is 0.116. The highest BCUT2D eigenvalue weighted by Gasteiger charge is 2.62. The first kappa shape index (κ1) is 58.6. The van der Waals surface area contributed by atoms with Crippen molar-refractivity contribution in [3.8, 4) is 0 Å². The van der Waals surface area contributed by atoms with Gasteiger partial charge in [-0.25, -0.2) is 19.2 Å². The quantitative estimate of drug-likeness (QED) is 0.102. The number of nitrogens with two attached hydrogens (primary N) is 1.